The summed E-state index contributed by atoms with van der Waals surface area (Å²) < 4.78 is 0. The number of benzene rings is 1. The van der Waals surface area contributed by atoms with Gasteiger partial charge in [-0.15, -0.1) is 9.24 Å². The van der Waals surface area contributed by atoms with Gasteiger partial charge < -0.3 is 5.73 Å². The summed E-state index contributed by atoms with van der Waals surface area (Å²) in [6.07, 6.45) is 0. The second kappa shape index (κ2) is 5.96. The standard InChI is InChI=1S/C6H7N2P.CH5N/c7-8-5-2-1-3-6(9)4-5;1-2/h1-4,7H,9H2;2H2,1H3/p+1. The summed E-state index contributed by atoms with van der Waals surface area (Å²) in [5.74, 6) is 0. The molecule has 60 valence electrons. The van der Waals surface area contributed by atoms with Crippen molar-refractivity contribution in [3.8, 4) is 0 Å². The maximum atomic E-state index is 5.03. The van der Waals surface area contributed by atoms with Gasteiger partial charge in [-0.25, -0.2) is 0 Å². The average Bonchev–Trinajstić information content (AvgIpc) is 2.08. The fourth-order valence-corrected chi connectivity index (χ4v) is 0.887. The molecule has 11 heavy (non-hydrogen) atoms. The lowest BCUT2D eigenvalue weighted by Crippen LogP contribution is -2.22. The minimum absolute atomic E-state index is 0.808. The number of rotatable bonds is 1. The maximum absolute atomic E-state index is 5.03. The molecule has 0 aliphatic heterocycles. The molecule has 3 nitrogen and oxygen atoms in total. The summed E-state index contributed by atoms with van der Waals surface area (Å²) in [5.41, 5.74) is 10.3. The van der Waals surface area contributed by atoms with Crippen LogP contribution in [0, 0.1) is 0 Å². The topological polar surface area (TPSA) is 64.0 Å². The Morgan fingerprint density at radius 2 is 2.09 bits per heavy atom. The zero-order valence-corrected chi connectivity index (χ0v) is 7.64. The van der Waals surface area contributed by atoms with Gasteiger partial charge in [-0.05, 0) is 29.6 Å². The van der Waals surface area contributed by atoms with E-state index in [1.807, 2.05) is 24.3 Å². The van der Waals surface area contributed by atoms with E-state index >= 15 is 0 Å². The van der Waals surface area contributed by atoms with Gasteiger partial charge in [-0.3, -0.25) is 0 Å². The van der Waals surface area contributed by atoms with Crippen LogP contribution < -0.4 is 16.6 Å². The molecule has 0 aliphatic carbocycles. The van der Waals surface area contributed by atoms with Gasteiger partial charge in [0, 0.05) is 0 Å². The molecule has 0 spiro atoms. The Morgan fingerprint density at radius 1 is 1.45 bits per heavy atom. The van der Waals surface area contributed by atoms with E-state index in [1.165, 1.54) is 7.05 Å². The normalized spacial score (nSPS) is 7.91. The first-order valence-electron chi connectivity index (χ1n) is 3.17. The lowest BCUT2D eigenvalue weighted by atomic mass is 10.3. The highest BCUT2D eigenvalue weighted by Crippen LogP contribution is 2.06. The van der Waals surface area contributed by atoms with Crippen molar-refractivity contribution in [1.82, 2.24) is 0 Å². The fraction of sp³-hybridized carbons (Fsp3) is 0.143. The van der Waals surface area contributed by atoms with Crippen LogP contribution in [-0.4, -0.2) is 7.05 Å². The van der Waals surface area contributed by atoms with Crippen molar-refractivity contribution in [2.45, 2.75) is 0 Å². The van der Waals surface area contributed by atoms with Crippen molar-refractivity contribution < 1.29 is 5.53 Å². The molecule has 0 saturated heterocycles. The largest absolute Gasteiger partial charge is 0.333 e. The number of hydrogen-bond donors (Lipinski definition) is 2. The summed E-state index contributed by atoms with van der Waals surface area (Å²) in [5, 5.41) is 4.62. The molecule has 1 unspecified atom stereocenters. The summed E-state index contributed by atoms with van der Waals surface area (Å²) in [7, 11) is 4.08. The van der Waals surface area contributed by atoms with Crippen molar-refractivity contribution in [2.24, 2.45) is 10.8 Å². The van der Waals surface area contributed by atoms with E-state index in [4.69, 9.17) is 5.53 Å². The highest BCUT2D eigenvalue weighted by atomic mass is 31.0. The smallest absolute Gasteiger partial charge is 0.130 e. The van der Waals surface area contributed by atoms with Crippen LogP contribution in [-0.2, 0) is 0 Å². The molecular weight excluding hydrogens is 157 g/mol. The summed E-state index contributed by atoms with van der Waals surface area (Å²) in [4.78, 5) is 0. The summed E-state index contributed by atoms with van der Waals surface area (Å²) in [6, 6.07) is 7.63. The molecule has 1 atom stereocenters. The molecule has 0 fully saturated rings. The Hall–Kier alpha value is -0.790. The molecule has 0 amide bonds. The predicted molar refractivity (Wildman–Crippen MR) is 49.9 cm³/mol. The Labute approximate surface area is 68.7 Å². The van der Waals surface area contributed by atoms with Crippen LogP contribution in [0.2, 0.25) is 0 Å². The second-order valence-corrected chi connectivity index (χ2v) is 2.39. The van der Waals surface area contributed by atoms with Crippen molar-refractivity contribution in [3.05, 3.63) is 24.3 Å². The van der Waals surface area contributed by atoms with Gasteiger partial charge in [0.15, 0.2) is 0 Å². The van der Waals surface area contributed by atoms with E-state index in [2.05, 4.69) is 20.1 Å². The van der Waals surface area contributed by atoms with Crippen LogP contribution in [0.3, 0.4) is 0 Å². The van der Waals surface area contributed by atoms with Gasteiger partial charge in [0.1, 0.15) is 5.69 Å². The van der Waals surface area contributed by atoms with Gasteiger partial charge in [0.2, 0.25) is 0 Å². The molecule has 4 N–H and O–H groups in total. The summed E-state index contributed by atoms with van der Waals surface area (Å²) in [6.45, 7) is 0. The van der Waals surface area contributed by atoms with Gasteiger partial charge in [-0.2, -0.15) is 5.53 Å². The first kappa shape index (κ1) is 10.2. The van der Waals surface area contributed by atoms with Crippen molar-refractivity contribution in [1.29, 1.82) is 0 Å². The Balaban J connectivity index is 0.000000461. The second-order valence-electron chi connectivity index (χ2n) is 1.72. The van der Waals surface area contributed by atoms with Crippen molar-refractivity contribution in [2.75, 3.05) is 7.05 Å². The number of hydrogen-bond acceptors (Lipinski definition) is 2. The van der Waals surface area contributed by atoms with Gasteiger partial charge in [0.25, 0.3) is 0 Å². The summed E-state index contributed by atoms with van der Waals surface area (Å²) >= 11 is 0. The van der Waals surface area contributed by atoms with Crippen LogP contribution in [0.25, 0.3) is 0 Å². The van der Waals surface area contributed by atoms with E-state index in [-0.39, 0.29) is 0 Å². The molecule has 0 saturated carbocycles. The molecule has 1 rings (SSSR count). The lowest BCUT2D eigenvalue weighted by molar-refractivity contribution is -0.210. The van der Waals surface area contributed by atoms with E-state index in [1.54, 1.807) is 0 Å². The first-order valence-corrected chi connectivity index (χ1v) is 3.75. The minimum Gasteiger partial charge on any atom is -0.333 e. The molecule has 0 aliphatic rings. The average molecular weight is 170 g/mol. The third-order valence-electron chi connectivity index (χ3n) is 1.02. The lowest BCUT2D eigenvalue weighted by Gasteiger charge is -1.88. The predicted octanol–water partition coefficient (Wildman–Crippen LogP) is -0.395. The van der Waals surface area contributed by atoms with E-state index < -0.39 is 0 Å². The highest BCUT2D eigenvalue weighted by molar-refractivity contribution is 7.27. The fourth-order valence-electron chi connectivity index (χ4n) is 0.605. The number of nitrogens with zero attached hydrogens (tertiary/aromatic N) is 1. The molecule has 1 aromatic rings. The molecule has 0 aromatic heterocycles. The van der Waals surface area contributed by atoms with Crippen molar-refractivity contribution >= 4 is 20.2 Å². The van der Waals surface area contributed by atoms with Gasteiger partial charge >= 0.3 is 0 Å². The van der Waals surface area contributed by atoms with Gasteiger partial charge in [0.05, 0.1) is 0 Å². The molecule has 0 radical (unpaired) electrons. The zero-order valence-electron chi connectivity index (χ0n) is 6.49. The highest BCUT2D eigenvalue weighted by Gasteiger charge is 1.88. The quantitative estimate of drug-likeness (QED) is 0.437. The van der Waals surface area contributed by atoms with Crippen LogP contribution >= 0.6 is 9.24 Å². The monoisotopic (exact) mass is 170 g/mol. The molecule has 0 bridgehead atoms. The molecule has 1 aromatic carbocycles. The zero-order chi connectivity index (χ0) is 8.69. The first-order chi connectivity index (χ1) is 5.33. The van der Waals surface area contributed by atoms with Crippen LogP contribution in [0.5, 0.6) is 0 Å². The third kappa shape index (κ3) is 3.81. The van der Waals surface area contributed by atoms with E-state index in [0.29, 0.717) is 0 Å². The number of nitrogens with two attached hydrogens (primary N) is 2. The Kier molecular flexibility index (Phi) is 5.53. The molecular formula is C7H13N3P+. The Morgan fingerprint density at radius 3 is 2.45 bits per heavy atom. The van der Waals surface area contributed by atoms with Crippen LogP contribution in [0.4, 0.5) is 5.69 Å². The third-order valence-corrected chi connectivity index (χ3v) is 1.38. The van der Waals surface area contributed by atoms with Crippen LogP contribution in [0.1, 0.15) is 0 Å². The molecule has 0 heterocycles. The Bertz CT molecular complexity index is 225. The van der Waals surface area contributed by atoms with Gasteiger partial charge in [-0.1, -0.05) is 12.1 Å². The molecule has 4 heteroatoms. The SMILES string of the molecule is CN.[NH2+]=Nc1cccc(P)c1. The minimum atomic E-state index is 0.808. The van der Waals surface area contributed by atoms with E-state index in [0.717, 1.165) is 11.0 Å². The van der Waals surface area contributed by atoms with Crippen molar-refractivity contribution in [3.63, 3.8) is 0 Å². The van der Waals surface area contributed by atoms with Crippen LogP contribution in [0.15, 0.2) is 29.4 Å². The maximum Gasteiger partial charge on any atom is 0.130 e. The van der Waals surface area contributed by atoms with E-state index in [9.17, 15) is 0 Å².